The van der Waals surface area contributed by atoms with Gasteiger partial charge in [-0.05, 0) is 61.1 Å². The van der Waals surface area contributed by atoms with Gasteiger partial charge in [0.2, 0.25) is 0 Å². The van der Waals surface area contributed by atoms with Gasteiger partial charge in [0, 0.05) is 11.4 Å². The molecule has 1 heterocycles. The molecule has 0 unspecified atom stereocenters. The largest absolute Gasteiger partial charge is 0.478 e. The Labute approximate surface area is 110 Å². The van der Waals surface area contributed by atoms with Crippen molar-refractivity contribution in [3.05, 3.63) is 46.9 Å². The molecular formula is C15H14FNO2. The lowest BCUT2D eigenvalue weighted by Gasteiger charge is -2.01. The molecule has 2 N–H and O–H groups in total. The monoisotopic (exact) mass is 259 g/mol. The van der Waals surface area contributed by atoms with Crippen LogP contribution in [0.25, 0.3) is 11.3 Å². The van der Waals surface area contributed by atoms with Crippen molar-refractivity contribution in [2.75, 3.05) is 0 Å². The van der Waals surface area contributed by atoms with Gasteiger partial charge < -0.3 is 10.1 Å². The number of carboxylic acid groups (broad SMARTS) is 1. The van der Waals surface area contributed by atoms with Crippen molar-refractivity contribution in [3.63, 3.8) is 0 Å². The second-order valence-electron chi connectivity index (χ2n) is 5.05. The van der Waals surface area contributed by atoms with Gasteiger partial charge in [-0.15, -0.1) is 0 Å². The van der Waals surface area contributed by atoms with Crippen molar-refractivity contribution in [1.29, 1.82) is 0 Å². The molecule has 3 nitrogen and oxygen atoms in total. The lowest BCUT2D eigenvalue weighted by Crippen LogP contribution is -1.98. The number of aromatic nitrogens is 1. The molecule has 0 bridgehead atoms. The quantitative estimate of drug-likeness (QED) is 0.882. The van der Waals surface area contributed by atoms with E-state index >= 15 is 0 Å². The van der Waals surface area contributed by atoms with Crippen LogP contribution in [0.15, 0.2) is 24.3 Å². The molecule has 19 heavy (non-hydrogen) atoms. The Kier molecular flexibility index (Phi) is 2.66. The van der Waals surface area contributed by atoms with Gasteiger partial charge in [-0.1, -0.05) is 0 Å². The maximum absolute atomic E-state index is 13.3. The first kappa shape index (κ1) is 12.0. The fraction of sp³-hybridized carbons (Fsp3) is 0.267. The van der Waals surface area contributed by atoms with E-state index in [1.54, 1.807) is 25.1 Å². The number of aromatic amines is 1. The number of carboxylic acids is 1. The number of aryl methyl sites for hydroxylation is 1. The molecule has 1 aliphatic carbocycles. The Morgan fingerprint density at radius 1 is 1.37 bits per heavy atom. The molecule has 1 aliphatic rings. The minimum absolute atomic E-state index is 0.254. The molecule has 4 heteroatoms. The standard InChI is InChI=1S/C15H14FNO2/c1-8-6-10(4-5-12(8)16)13-7-11(15(18)19)14(17-13)9-2-3-9/h4-7,9,17H,2-3H2,1H3,(H,18,19). The highest BCUT2D eigenvalue weighted by atomic mass is 19.1. The summed E-state index contributed by atoms with van der Waals surface area (Å²) in [5.74, 6) is -0.833. The number of nitrogens with one attached hydrogen (secondary N) is 1. The average molecular weight is 259 g/mol. The van der Waals surface area contributed by atoms with Gasteiger partial charge in [0.1, 0.15) is 5.82 Å². The van der Waals surface area contributed by atoms with E-state index in [9.17, 15) is 14.3 Å². The van der Waals surface area contributed by atoms with Gasteiger partial charge in [0.25, 0.3) is 0 Å². The fourth-order valence-electron chi connectivity index (χ4n) is 2.31. The molecule has 1 fully saturated rings. The Balaban J connectivity index is 2.07. The number of halogens is 1. The van der Waals surface area contributed by atoms with Crippen LogP contribution in [0, 0.1) is 12.7 Å². The van der Waals surface area contributed by atoms with Crippen LogP contribution < -0.4 is 0 Å². The zero-order chi connectivity index (χ0) is 13.6. The molecule has 0 aliphatic heterocycles. The Bertz CT molecular complexity index is 656. The SMILES string of the molecule is Cc1cc(-c2cc(C(=O)O)c(C3CC3)[nH]2)ccc1F. The highest BCUT2D eigenvalue weighted by molar-refractivity contribution is 5.91. The molecule has 0 saturated heterocycles. The summed E-state index contributed by atoms with van der Waals surface area (Å²) in [4.78, 5) is 14.4. The third-order valence-electron chi connectivity index (χ3n) is 3.53. The molecule has 0 spiro atoms. The van der Waals surface area contributed by atoms with Crippen LogP contribution >= 0.6 is 0 Å². The normalized spacial score (nSPS) is 14.6. The van der Waals surface area contributed by atoms with Crippen LogP contribution in [0.5, 0.6) is 0 Å². The van der Waals surface area contributed by atoms with Crippen LogP contribution in [0.3, 0.4) is 0 Å². The average Bonchev–Trinajstić information content (AvgIpc) is 3.11. The molecule has 3 rings (SSSR count). The highest BCUT2D eigenvalue weighted by Crippen LogP contribution is 2.42. The summed E-state index contributed by atoms with van der Waals surface area (Å²) in [5, 5.41) is 9.22. The second kappa shape index (κ2) is 4.23. The molecule has 1 aromatic heterocycles. The topological polar surface area (TPSA) is 53.1 Å². The number of H-pyrrole nitrogens is 1. The van der Waals surface area contributed by atoms with Gasteiger partial charge in [-0.3, -0.25) is 0 Å². The van der Waals surface area contributed by atoms with E-state index in [1.165, 1.54) is 6.07 Å². The van der Waals surface area contributed by atoms with Crippen molar-refractivity contribution in [2.24, 2.45) is 0 Å². The van der Waals surface area contributed by atoms with Crippen molar-refractivity contribution in [3.8, 4) is 11.3 Å². The Morgan fingerprint density at radius 2 is 2.11 bits per heavy atom. The third kappa shape index (κ3) is 2.14. The van der Waals surface area contributed by atoms with E-state index in [0.717, 1.165) is 29.8 Å². The zero-order valence-electron chi connectivity index (χ0n) is 10.5. The van der Waals surface area contributed by atoms with E-state index < -0.39 is 5.97 Å². The molecule has 1 saturated carbocycles. The number of carbonyl (C=O) groups is 1. The van der Waals surface area contributed by atoms with Crippen LogP contribution in [0.4, 0.5) is 4.39 Å². The Hall–Kier alpha value is -2.10. The van der Waals surface area contributed by atoms with Crippen LogP contribution in [-0.2, 0) is 0 Å². The molecule has 2 aromatic rings. The summed E-state index contributed by atoms with van der Waals surface area (Å²) in [6, 6.07) is 6.44. The predicted molar refractivity (Wildman–Crippen MR) is 69.9 cm³/mol. The maximum atomic E-state index is 13.3. The van der Waals surface area contributed by atoms with E-state index in [2.05, 4.69) is 4.98 Å². The van der Waals surface area contributed by atoms with Gasteiger partial charge >= 0.3 is 5.97 Å². The molecule has 1 aromatic carbocycles. The first-order valence-electron chi connectivity index (χ1n) is 6.29. The van der Waals surface area contributed by atoms with Crippen LogP contribution in [0.2, 0.25) is 0 Å². The smallest absolute Gasteiger partial charge is 0.337 e. The summed E-state index contributed by atoms with van der Waals surface area (Å²) < 4.78 is 13.3. The highest BCUT2D eigenvalue weighted by Gasteiger charge is 2.30. The predicted octanol–water partition coefficient (Wildman–Crippen LogP) is 3.70. The van der Waals surface area contributed by atoms with Crippen molar-refractivity contribution in [1.82, 2.24) is 4.98 Å². The molecule has 98 valence electrons. The number of aromatic carboxylic acids is 1. The van der Waals surface area contributed by atoms with E-state index in [0.29, 0.717) is 17.0 Å². The van der Waals surface area contributed by atoms with E-state index in [1.807, 2.05) is 0 Å². The second-order valence-corrected chi connectivity index (χ2v) is 5.05. The maximum Gasteiger partial charge on any atom is 0.337 e. The van der Waals surface area contributed by atoms with Crippen molar-refractivity contribution in [2.45, 2.75) is 25.7 Å². The van der Waals surface area contributed by atoms with Gasteiger partial charge in [0.15, 0.2) is 0 Å². The number of hydrogen-bond acceptors (Lipinski definition) is 1. The summed E-state index contributed by atoms with van der Waals surface area (Å²) in [6.45, 7) is 1.70. The lowest BCUT2D eigenvalue weighted by molar-refractivity contribution is 0.0696. The minimum atomic E-state index is -0.914. The third-order valence-corrected chi connectivity index (χ3v) is 3.53. The summed E-state index contributed by atoms with van der Waals surface area (Å²) in [5.41, 5.74) is 3.23. The van der Waals surface area contributed by atoms with Crippen LogP contribution in [-0.4, -0.2) is 16.1 Å². The zero-order valence-corrected chi connectivity index (χ0v) is 10.5. The fourth-order valence-corrected chi connectivity index (χ4v) is 2.31. The van der Waals surface area contributed by atoms with E-state index in [4.69, 9.17) is 0 Å². The van der Waals surface area contributed by atoms with Crippen molar-refractivity contribution < 1.29 is 14.3 Å². The molecule has 0 radical (unpaired) electrons. The summed E-state index contributed by atoms with van der Waals surface area (Å²) >= 11 is 0. The van der Waals surface area contributed by atoms with Crippen LogP contribution in [0.1, 0.15) is 40.4 Å². The van der Waals surface area contributed by atoms with Gasteiger partial charge in [-0.25, -0.2) is 9.18 Å². The number of benzene rings is 1. The molecule has 0 amide bonds. The number of hydrogen-bond donors (Lipinski definition) is 2. The summed E-state index contributed by atoms with van der Waals surface area (Å²) in [7, 11) is 0. The summed E-state index contributed by atoms with van der Waals surface area (Å²) in [6.07, 6.45) is 2.06. The molecular weight excluding hydrogens is 245 g/mol. The van der Waals surface area contributed by atoms with Crippen molar-refractivity contribution >= 4 is 5.97 Å². The molecule has 0 atom stereocenters. The van der Waals surface area contributed by atoms with E-state index in [-0.39, 0.29) is 5.82 Å². The Morgan fingerprint density at radius 3 is 2.68 bits per heavy atom. The minimum Gasteiger partial charge on any atom is -0.478 e. The van der Waals surface area contributed by atoms with Gasteiger partial charge in [0.05, 0.1) is 5.56 Å². The first-order valence-corrected chi connectivity index (χ1v) is 6.29. The first-order chi connectivity index (χ1) is 9.06. The lowest BCUT2D eigenvalue weighted by atomic mass is 10.1. The number of rotatable bonds is 3. The van der Waals surface area contributed by atoms with Gasteiger partial charge in [-0.2, -0.15) is 0 Å².